The molecule has 0 unspecified atom stereocenters. The third-order valence-corrected chi connectivity index (χ3v) is 4.10. The fraction of sp³-hybridized carbons (Fsp3) is 0.158. The van der Waals surface area contributed by atoms with E-state index < -0.39 is 0 Å². The summed E-state index contributed by atoms with van der Waals surface area (Å²) in [6.07, 6.45) is 1.58. The first-order valence-corrected chi connectivity index (χ1v) is 8.02. The van der Waals surface area contributed by atoms with Gasteiger partial charge in [-0.15, -0.1) is 0 Å². The molecule has 24 heavy (non-hydrogen) atoms. The van der Waals surface area contributed by atoms with Crippen LogP contribution in [-0.4, -0.2) is 16.0 Å². The number of aromatic nitrogens is 2. The van der Waals surface area contributed by atoms with Crippen LogP contribution in [0.15, 0.2) is 52.3 Å². The van der Waals surface area contributed by atoms with Crippen LogP contribution in [0.5, 0.6) is 0 Å². The summed E-state index contributed by atoms with van der Waals surface area (Å²) in [5.74, 6) is 0. The van der Waals surface area contributed by atoms with Gasteiger partial charge in [0.2, 0.25) is 0 Å². The van der Waals surface area contributed by atoms with Crippen LogP contribution in [0.25, 0.3) is 5.69 Å². The molecule has 0 radical (unpaired) electrons. The highest BCUT2D eigenvalue weighted by molar-refractivity contribution is 6.30. The molecule has 122 valence electrons. The molecule has 0 atom stereocenters. The minimum Gasteiger partial charge on any atom is -0.295 e. The molecule has 0 aliphatic rings. The molecular formula is C19H18ClN3O. The number of halogens is 1. The van der Waals surface area contributed by atoms with E-state index >= 15 is 0 Å². The van der Waals surface area contributed by atoms with Gasteiger partial charge in [0.05, 0.1) is 16.9 Å². The Balaban J connectivity index is 2.02. The number of nitrogens with zero attached hydrogens (tertiary/aromatic N) is 2. The SMILES string of the molecule is Cc1ccc(-n2[nH]c(C)c(C=Nc3cccc(Cl)c3)c2=O)c(C)c1. The molecule has 0 bridgehead atoms. The van der Waals surface area contributed by atoms with E-state index in [-0.39, 0.29) is 5.56 Å². The van der Waals surface area contributed by atoms with Crippen LogP contribution in [0.3, 0.4) is 0 Å². The number of hydrogen-bond donors (Lipinski definition) is 1. The quantitative estimate of drug-likeness (QED) is 0.702. The van der Waals surface area contributed by atoms with Gasteiger partial charge in [0.1, 0.15) is 0 Å². The Morgan fingerprint density at radius 1 is 1.12 bits per heavy atom. The Hall–Kier alpha value is -2.59. The Kier molecular flexibility index (Phi) is 4.40. The molecule has 5 heteroatoms. The second kappa shape index (κ2) is 6.49. The van der Waals surface area contributed by atoms with Gasteiger partial charge in [-0.3, -0.25) is 14.9 Å². The maximum Gasteiger partial charge on any atom is 0.280 e. The summed E-state index contributed by atoms with van der Waals surface area (Å²) in [4.78, 5) is 17.1. The van der Waals surface area contributed by atoms with Gasteiger partial charge in [-0.05, 0) is 50.6 Å². The van der Waals surface area contributed by atoms with Gasteiger partial charge in [0.15, 0.2) is 0 Å². The van der Waals surface area contributed by atoms with Crippen LogP contribution in [0.4, 0.5) is 5.69 Å². The van der Waals surface area contributed by atoms with Crippen LogP contribution in [-0.2, 0) is 0 Å². The fourth-order valence-electron chi connectivity index (χ4n) is 2.63. The van der Waals surface area contributed by atoms with E-state index in [0.29, 0.717) is 16.3 Å². The summed E-state index contributed by atoms with van der Waals surface area (Å²) in [7, 11) is 0. The standard InChI is InChI=1S/C19H18ClN3O/c1-12-7-8-18(13(2)9-12)23-19(24)17(14(3)22-23)11-21-16-6-4-5-15(20)10-16/h4-11,22H,1-3H3. The van der Waals surface area contributed by atoms with Crippen molar-refractivity contribution in [3.05, 3.63) is 80.2 Å². The van der Waals surface area contributed by atoms with E-state index in [9.17, 15) is 4.79 Å². The highest BCUT2D eigenvalue weighted by Crippen LogP contribution is 2.18. The summed E-state index contributed by atoms with van der Waals surface area (Å²) in [6, 6.07) is 13.2. The summed E-state index contributed by atoms with van der Waals surface area (Å²) >= 11 is 5.96. The molecule has 3 aromatic rings. The molecule has 3 rings (SSSR count). The van der Waals surface area contributed by atoms with Crippen LogP contribution >= 0.6 is 11.6 Å². The lowest BCUT2D eigenvalue weighted by atomic mass is 10.1. The van der Waals surface area contributed by atoms with Gasteiger partial charge in [-0.2, -0.15) is 0 Å². The summed E-state index contributed by atoms with van der Waals surface area (Å²) in [5.41, 5.74) is 4.94. The number of nitrogens with one attached hydrogen (secondary N) is 1. The van der Waals surface area contributed by atoms with Crippen molar-refractivity contribution in [1.29, 1.82) is 0 Å². The van der Waals surface area contributed by atoms with Gasteiger partial charge in [-0.1, -0.05) is 35.4 Å². The van der Waals surface area contributed by atoms with Crippen molar-refractivity contribution in [2.24, 2.45) is 4.99 Å². The maximum atomic E-state index is 12.7. The van der Waals surface area contributed by atoms with Gasteiger partial charge < -0.3 is 0 Å². The molecule has 0 aliphatic heterocycles. The molecule has 0 saturated carbocycles. The summed E-state index contributed by atoms with van der Waals surface area (Å²) in [5, 5.41) is 3.74. The zero-order valence-corrected chi connectivity index (χ0v) is 14.6. The smallest absolute Gasteiger partial charge is 0.280 e. The van der Waals surface area contributed by atoms with Crippen molar-refractivity contribution in [1.82, 2.24) is 9.78 Å². The van der Waals surface area contributed by atoms with Crippen LogP contribution in [0.2, 0.25) is 5.02 Å². The van der Waals surface area contributed by atoms with Crippen LogP contribution in [0, 0.1) is 20.8 Å². The molecular weight excluding hydrogens is 322 g/mol. The lowest BCUT2D eigenvalue weighted by Gasteiger charge is -2.06. The minimum atomic E-state index is -0.120. The number of H-pyrrole nitrogens is 1. The summed E-state index contributed by atoms with van der Waals surface area (Å²) < 4.78 is 1.56. The number of aryl methyl sites for hydroxylation is 3. The predicted octanol–water partition coefficient (Wildman–Crippen LogP) is 4.49. The van der Waals surface area contributed by atoms with Crippen molar-refractivity contribution in [3.8, 4) is 5.69 Å². The first-order valence-electron chi connectivity index (χ1n) is 7.64. The van der Waals surface area contributed by atoms with Gasteiger partial charge in [0.25, 0.3) is 5.56 Å². The molecule has 2 aromatic carbocycles. The van der Waals surface area contributed by atoms with Gasteiger partial charge >= 0.3 is 0 Å². The molecule has 0 spiro atoms. The minimum absolute atomic E-state index is 0.120. The van der Waals surface area contributed by atoms with E-state index in [1.165, 1.54) is 0 Å². The normalized spacial score (nSPS) is 11.3. The Morgan fingerprint density at radius 3 is 2.62 bits per heavy atom. The first kappa shape index (κ1) is 16.3. The molecule has 1 N–H and O–H groups in total. The average molecular weight is 340 g/mol. The third-order valence-electron chi connectivity index (χ3n) is 3.86. The van der Waals surface area contributed by atoms with Crippen molar-refractivity contribution >= 4 is 23.5 Å². The van der Waals surface area contributed by atoms with Crippen molar-refractivity contribution in [2.75, 3.05) is 0 Å². The topological polar surface area (TPSA) is 50.1 Å². The Morgan fingerprint density at radius 2 is 1.92 bits per heavy atom. The first-order chi connectivity index (χ1) is 11.5. The molecule has 4 nitrogen and oxygen atoms in total. The number of benzene rings is 2. The van der Waals surface area contributed by atoms with Crippen LogP contribution in [0.1, 0.15) is 22.4 Å². The second-order valence-corrected chi connectivity index (χ2v) is 6.26. The molecule has 1 aromatic heterocycles. The highest BCUT2D eigenvalue weighted by Gasteiger charge is 2.12. The van der Waals surface area contributed by atoms with E-state index in [1.807, 2.05) is 45.0 Å². The van der Waals surface area contributed by atoms with E-state index in [1.54, 1.807) is 23.0 Å². The number of rotatable bonds is 3. The predicted molar refractivity (Wildman–Crippen MR) is 99.3 cm³/mol. The van der Waals surface area contributed by atoms with Crippen molar-refractivity contribution in [2.45, 2.75) is 20.8 Å². The number of aliphatic imine (C=N–C) groups is 1. The largest absolute Gasteiger partial charge is 0.295 e. The molecule has 0 fully saturated rings. The third kappa shape index (κ3) is 3.19. The Bertz CT molecular complexity index is 983. The fourth-order valence-corrected chi connectivity index (χ4v) is 2.82. The lowest BCUT2D eigenvalue weighted by Crippen LogP contribution is -2.18. The highest BCUT2D eigenvalue weighted by atomic mass is 35.5. The summed E-state index contributed by atoms with van der Waals surface area (Å²) in [6.45, 7) is 5.88. The molecule has 1 heterocycles. The van der Waals surface area contributed by atoms with E-state index in [2.05, 4.69) is 16.2 Å². The molecule has 0 saturated heterocycles. The maximum absolute atomic E-state index is 12.7. The number of hydrogen-bond acceptors (Lipinski definition) is 2. The van der Waals surface area contributed by atoms with Gasteiger partial charge in [-0.25, -0.2) is 4.68 Å². The second-order valence-electron chi connectivity index (χ2n) is 5.82. The molecule has 0 amide bonds. The number of aromatic amines is 1. The van der Waals surface area contributed by atoms with Gasteiger partial charge in [0, 0.05) is 16.9 Å². The van der Waals surface area contributed by atoms with E-state index in [0.717, 1.165) is 22.5 Å². The molecule has 0 aliphatic carbocycles. The zero-order chi connectivity index (χ0) is 17.3. The zero-order valence-electron chi connectivity index (χ0n) is 13.8. The van der Waals surface area contributed by atoms with Crippen LogP contribution < -0.4 is 5.56 Å². The average Bonchev–Trinajstić information content (AvgIpc) is 2.80. The Labute approximate surface area is 145 Å². The monoisotopic (exact) mass is 339 g/mol. The van der Waals surface area contributed by atoms with Crippen molar-refractivity contribution < 1.29 is 0 Å². The van der Waals surface area contributed by atoms with Crippen molar-refractivity contribution in [3.63, 3.8) is 0 Å². The lowest BCUT2D eigenvalue weighted by molar-refractivity contribution is 0.828. The van der Waals surface area contributed by atoms with E-state index in [4.69, 9.17) is 11.6 Å².